The zero-order chi connectivity index (χ0) is 15.9. The molecule has 1 heterocycles. The average Bonchev–Trinajstić information content (AvgIpc) is 2.51. The Hall–Kier alpha value is -1.75. The number of phenolic OH excluding ortho intramolecular Hbond substituents is 1. The Morgan fingerprint density at radius 3 is 2.86 bits per heavy atom. The number of benzene rings is 1. The van der Waals surface area contributed by atoms with Crippen molar-refractivity contribution >= 4 is 5.97 Å². The van der Waals surface area contributed by atoms with Crippen molar-refractivity contribution in [3.05, 3.63) is 23.8 Å². The molecule has 0 aromatic heterocycles. The number of carbonyl (C=O) groups is 1. The molecule has 1 unspecified atom stereocenters. The molecule has 0 radical (unpaired) electrons. The van der Waals surface area contributed by atoms with Gasteiger partial charge >= 0.3 is 5.97 Å². The highest BCUT2D eigenvalue weighted by atomic mass is 16.5. The van der Waals surface area contributed by atoms with Crippen molar-refractivity contribution < 1.29 is 19.4 Å². The van der Waals surface area contributed by atoms with Crippen molar-refractivity contribution in [3.63, 3.8) is 0 Å². The molecule has 1 aliphatic heterocycles. The van der Waals surface area contributed by atoms with Crippen molar-refractivity contribution in [2.75, 3.05) is 19.8 Å². The van der Waals surface area contributed by atoms with E-state index in [1.165, 1.54) is 0 Å². The smallest absolute Gasteiger partial charge is 0.323 e. The van der Waals surface area contributed by atoms with Crippen LogP contribution in [-0.2, 0) is 16.1 Å². The van der Waals surface area contributed by atoms with Gasteiger partial charge in [-0.3, -0.25) is 9.69 Å². The molecule has 0 spiro atoms. The molecule has 1 aromatic carbocycles. The summed E-state index contributed by atoms with van der Waals surface area (Å²) in [5.41, 5.74) is 1.03. The lowest BCUT2D eigenvalue weighted by Crippen LogP contribution is -2.44. The molecule has 5 nitrogen and oxygen atoms in total. The second-order valence-electron chi connectivity index (χ2n) is 5.47. The monoisotopic (exact) mass is 307 g/mol. The van der Waals surface area contributed by atoms with Crippen LogP contribution < -0.4 is 4.74 Å². The van der Waals surface area contributed by atoms with Crippen LogP contribution in [0.2, 0.25) is 0 Å². The Bertz CT molecular complexity index is 503. The molecule has 122 valence electrons. The van der Waals surface area contributed by atoms with Crippen molar-refractivity contribution in [1.82, 2.24) is 4.90 Å². The Balaban J connectivity index is 2.09. The van der Waals surface area contributed by atoms with Gasteiger partial charge in [0.25, 0.3) is 0 Å². The van der Waals surface area contributed by atoms with E-state index in [-0.39, 0.29) is 17.8 Å². The van der Waals surface area contributed by atoms with Crippen molar-refractivity contribution in [2.24, 2.45) is 0 Å². The number of hydrogen-bond donors (Lipinski definition) is 1. The lowest BCUT2D eigenvalue weighted by molar-refractivity contribution is -0.151. The maximum absolute atomic E-state index is 12.1. The third-order valence-electron chi connectivity index (χ3n) is 3.88. The number of carbonyl (C=O) groups excluding carboxylic acids is 1. The van der Waals surface area contributed by atoms with E-state index >= 15 is 0 Å². The van der Waals surface area contributed by atoms with Crippen LogP contribution in [0.15, 0.2) is 18.2 Å². The molecule has 1 fully saturated rings. The molecule has 0 aliphatic carbocycles. The average molecular weight is 307 g/mol. The van der Waals surface area contributed by atoms with Crippen LogP contribution in [0.5, 0.6) is 11.5 Å². The first-order valence-corrected chi connectivity index (χ1v) is 8.01. The normalized spacial score (nSPS) is 18.9. The summed E-state index contributed by atoms with van der Waals surface area (Å²) in [6.07, 6.45) is 2.99. The lowest BCUT2D eigenvalue weighted by atomic mass is 10.0. The van der Waals surface area contributed by atoms with Gasteiger partial charge < -0.3 is 14.6 Å². The first kappa shape index (κ1) is 16.6. The maximum atomic E-state index is 12.1. The van der Waals surface area contributed by atoms with E-state index in [0.717, 1.165) is 31.4 Å². The lowest BCUT2D eigenvalue weighted by Gasteiger charge is -2.34. The van der Waals surface area contributed by atoms with Gasteiger partial charge in [0, 0.05) is 6.54 Å². The molecule has 5 heteroatoms. The number of nitrogens with zero attached hydrogens (tertiary/aromatic N) is 1. The van der Waals surface area contributed by atoms with E-state index in [2.05, 4.69) is 4.90 Å². The van der Waals surface area contributed by atoms with Gasteiger partial charge in [-0.15, -0.1) is 0 Å². The van der Waals surface area contributed by atoms with Gasteiger partial charge in [-0.1, -0.05) is 12.5 Å². The Morgan fingerprint density at radius 2 is 2.14 bits per heavy atom. The zero-order valence-electron chi connectivity index (χ0n) is 13.4. The second-order valence-corrected chi connectivity index (χ2v) is 5.47. The van der Waals surface area contributed by atoms with Gasteiger partial charge in [0.1, 0.15) is 6.04 Å². The van der Waals surface area contributed by atoms with Gasteiger partial charge in [0.05, 0.1) is 13.2 Å². The molecule has 0 saturated carbocycles. The number of hydrogen-bond acceptors (Lipinski definition) is 5. The summed E-state index contributed by atoms with van der Waals surface area (Å²) < 4.78 is 10.6. The summed E-state index contributed by atoms with van der Waals surface area (Å²) in [6.45, 7) is 6.17. The zero-order valence-corrected chi connectivity index (χ0v) is 13.4. The largest absolute Gasteiger partial charge is 0.504 e. The van der Waals surface area contributed by atoms with E-state index in [4.69, 9.17) is 9.47 Å². The molecule has 0 amide bonds. The van der Waals surface area contributed by atoms with Crippen LogP contribution in [0.1, 0.15) is 38.7 Å². The summed E-state index contributed by atoms with van der Waals surface area (Å²) in [5.74, 6) is 0.502. The van der Waals surface area contributed by atoms with E-state index in [9.17, 15) is 9.90 Å². The van der Waals surface area contributed by atoms with Crippen LogP contribution in [0, 0.1) is 0 Å². The van der Waals surface area contributed by atoms with Crippen LogP contribution >= 0.6 is 0 Å². The standard InChI is InChI=1S/C17H25NO4/c1-3-21-16-11-13(8-9-15(16)19)12-18-10-6-5-7-14(18)17(20)22-4-2/h8-9,11,14,19H,3-7,10,12H2,1-2H3. The van der Waals surface area contributed by atoms with Gasteiger partial charge in [0.15, 0.2) is 11.5 Å². The summed E-state index contributed by atoms with van der Waals surface area (Å²) in [4.78, 5) is 14.3. The molecule has 1 aromatic rings. The summed E-state index contributed by atoms with van der Waals surface area (Å²) in [7, 11) is 0. The molecule has 1 atom stereocenters. The molecule has 2 rings (SSSR count). The number of rotatable bonds is 6. The minimum atomic E-state index is -0.168. The fourth-order valence-corrected chi connectivity index (χ4v) is 2.85. The number of esters is 1. The van der Waals surface area contributed by atoms with Gasteiger partial charge in [-0.2, -0.15) is 0 Å². The topological polar surface area (TPSA) is 59.0 Å². The van der Waals surface area contributed by atoms with E-state index in [1.54, 1.807) is 6.07 Å². The minimum absolute atomic E-state index is 0.133. The molecule has 1 aliphatic rings. The molecule has 22 heavy (non-hydrogen) atoms. The quantitative estimate of drug-likeness (QED) is 0.819. The van der Waals surface area contributed by atoms with Crippen molar-refractivity contribution in [2.45, 2.75) is 45.7 Å². The fraction of sp³-hybridized carbons (Fsp3) is 0.588. The van der Waals surface area contributed by atoms with Gasteiger partial charge in [0.2, 0.25) is 0 Å². The van der Waals surface area contributed by atoms with E-state index < -0.39 is 0 Å². The summed E-state index contributed by atoms with van der Waals surface area (Å²) in [6, 6.07) is 5.19. The van der Waals surface area contributed by atoms with E-state index in [1.807, 2.05) is 26.0 Å². The molecular weight excluding hydrogens is 282 g/mol. The van der Waals surface area contributed by atoms with Crippen LogP contribution in [0.25, 0.3) is 0 Å². The first-order valence-electron chi connectivity index (χ1n) is 8.01. The molecule has 1 saturated heterocycles. The van der Waals surface area contributed by atoms with Crippen LogP contribution in [0.3, 0.4) is 0 Å². The predicted octanol–water partition coefficient (Wildman–Crippen LogP) is 2.71. The molecule has 0 bridgehead atoms. The van der Waals surface area contributed by atoms with E-state index in [0.29, 0.717) is 25.5 Å². The Labute approximate surface area is 131 Å². The molecule has 1 N–H and O–H groups in total. The highest BCUT2D eigenvalue weighted by Gasteiger charge is 2.29. The minimum Gasteiger partial charge on any atom is -0.504 e. The number of phenols is 1. The maximum Gasteiger partial charge on any atom is 0.323 e. The van der Waals surface area contributed by atoms with Crippen molar-refractivity contribution in [3.8, 4) is 11.5 Å². The first-order chi connectivity index (χ1) is 10.7. The Kier molecular flexibility index (Phi) is 6.07. The highest BCUT2D eigenvalue weighted by molar-refractivity contribution is 5.75. The summed E-state index contributed by atoms with van der Waals surface area (Å²) in [5, 5.41) is 9.77. The van der Waals surface area contributed by atoms with Crippen molar-refractivity contribution in [1.29, 1.82) is 0 Å². The number of ether oxygens (including phenoxy) is 2. The predicted molar refractivity (Wildman–Crippen MR) is 84.0 cm³/mol. The number of likely N-dealkylation sites (tertiary alicyclic amines) is 1. The Morgan fingerprint density at radius 1 is 1.32 bits per heavy atom. The highest BCUT2D eigenvalue weighted by Crippen LogP contribution is 2.28. The summed E-state index contributed by atoms with van der Waals surface area (Å²) >= 11 is 0. The fourth-order valence-electron chi connectivity index (χ4n) is 2.85. The van der Waals surface area contributed by atoms with Gasteiger partial charge in [-0.25, -0.2) is 0 Å². The molecular formula is C17H25NO4. The van der Waals surface area contributed by atoms with Crippen LogP contribution in [-0.4, -0.2) is 41.8 Å². The number of aromatic hydroxyl groups is 1. The van der Waals surface area contributed by atoms with Gasteiger partial charge in [-0.05, 0) is 50.9 Å². The second kappa shape index (κ2) is 8.03. The SMILES string of the molecule is CCOC(=O)C1CCCCN1Cc1ccc(O)c(OCC)c1. The third kappa shape index (κ3) is 4.13. The third-order valence-corrected chi connectivity index (χ3v) is 3.88. The van der Waals surface area contributed by atoms with Crippen LogP contribution in [0.4, 0.5) is 0 Å². The number of piperidine rings is 1.